The number of thiophene rings is 1. The van der Waals surface area contributed by atoms with Gasteiger partial charge in [0, 0.05) is 35.1 Å². The van der Waals surface area contributed by atoms with E-state index in [1.165, 1.54) is 9.75 Å². The van der Waals surface area contributed by atoms with Crippen molar-refractivity contribution in [1.82, 2.24) is 29.9 Å². The number of nitrogens with zero attached hydrogens (tertiary/aromatic N) is 6. The minimum Gasteiger partial charge on any atom is -0.374 e. The highest BCUT2D eigenvalue weighted by Gasteiger charge is 2.23. The molecule has 0 amide bonds. The number of fused-ring (bicyclic) bond motifs is 1. The standard InChI is InChI=1S/C21H23N7OS/c1-15-7-8-18(30-15)13-27-9-10-29-17(11-27)12-28-21-19(25-26-28)20(22-14-23-21)24-16-5-3-2-4-6-16/h2-8,14,17H,9-13H2,1H3,(H,22,23,24). The summed E-state index contributed by atoms with van der Waals surface area (Å²) in [4.78, 5) is 13.9. The molecule has 1 unspecified atom stereocenters. The van der Waals surface area contributed by atoms with Crippen molar-refractivity contribution < 1.29 is 4.74 Å². The Labute approximate surface area is 178 Å². The van der Waals surface area contributed by atoms with Crippen LogP contribution in [0.25, 0.3) is 11.2 Å². The van der Waals surface area contributed by atoms with Gasteiger partial charge in [0.15, 0.2) is 17.0 Å². The van der Waals surface area contributed by atoms with Crippen LogP contribution in [0, 0.1) is 6.92 Å². The van der Waals surface area contributed by atoms with Crippen molar-refractivity contribution in [3.8, 4) is 0 Å². The number of aromatic nitrogens is 5. The highest BCUT2D eigenvalue weighted by atomic mass is 32.1. The number of hydrogen-bond donors (Lipinski definition) is 1. The van der Waals surface area contributed by atoms with E-state index in [1.54, 1.807) is 6.33 Å². The van der Waals surface area contributed by atoms with E-state index in [9.17, 15) is 0 Å². The Kier molecular flexibility index (Phi) is 5.39. The third kappa shape index (κ3) is 4.18. The monoisotopic (exact) mass is 421 g/mol. The number of hydrogen-bond acceptors (Lipinski definition) is 8. The minimum atomic E-state index is 0.0465. The van der Waals surface area contributed by atoms with E-state index in [2.05, 4.69) is 49.6 Å². The van der Waals surface area contributed by atoms with Crippen LogP contribution in [0.1, 0.15) is 9.75 Å². The fraction of sp³-hybridized carbons (Fsp3) is 0.333. The molecule has 0 bridgehead atoms. The van der Waals surface area contributed by atoms with Gasteiger partial charge < -0.3 is 10.1 Å². The Morgan fingerprint density at radius 3 is 2.90 bits per heavy atom. The van der Waals surface area contributed by atoms with Crippen molar-refractivity contribution in [3.05, 3.63) is 58.5 Å². The summed E-state index contributed by atoms with van der Waals surface area (Å²) in [7, 11) is 0. The lowest BCUT2D eigenvalue weighted by Gasteiger charge is -2.32. The van der Waals surface area contributed by atoms with Gasteiger partial charge >= 0.3 is 0 Å². The van der Waals surface area contributed by atoms with E-state index in [1.807, 2.05) is 46.4 Å². The van der Waals surface area contributed by atoms with Crippen LogP contribution >= 0.6 is 11.3 Å². The summed E-state index contributed by atoms with van der Waals surface area (Å²) in [5, 5.41) is 12.0. The normalized spacial score (nSPS) is 17.4. The Morgan fingerprint density at radius 2 is 2.07 bits per heavy atom. The second-order valence-corrected chi connectivity index (χ2v) is 8.77. The first-order valence-electron chi connectivity index (χ1n) is 10.00. The molecule has 0 spiro atoms. The molecule has 1 aliphatic heterocycles. The first-order valence-corrected chi connectivity index (χ1v) is 10.8. The topological polar surface area (TPSA) is 81.0 Å². The molecule has 3 aromatic heterocycles. The molecule has 1 aliphatic rings. The number of nitrogens with one attached hydrogen (secondary N) is 1. The van der Waals surface area contributed by atoms with Crippen LogP contribution in [0.4, 0.5) is 11.5 Å². The quantitative estimate of drug-likeness (QED) is 0.512. The summed E-state index contributed by atoms with van der Waals surface area (Å²) in [5.41, 5.74) is 2.31. The van der Waals surface area contributed by atoms with Gasteiger partial charge in [-0.05, 0) is 31.2 Å². The average molecular weight is 422 g/mol. The van der Waals surface area contributed by atoms with E-state index in [0.717, 1.165) is 31.9 Å². The van der Waals surface area contributed by atoms with Gasteiger partial charge in [-0.1, -0.05) is 23.4 Å². The Bertz CT molecular complexity index is 1130. The molecule has 1 saturated heterocycles. The SMILES string of the molecule is Cc1ccc(CN2CCOC(Cn3nnc4c(Nc5ccccc5)ncnc43)C2)s1. The van der Waals surface area contributed by atoms with Gasteiger partial charge in [-0.2, -0.15) is 0 Å². The van der Waals surface area contributed by atoms with Gasteiger partial charge in [0.25, 0.3) is 0 Å². The third-order valence-electron chi connectivity index (χ3n) is 5.11. The Morgan fingerprint density at radius 1 is 1.17 bits per heavy atom. The molecule has 5 rings (SSSR count). The fourth-order valence-electron chi connectivity index (χ4n) is 3.68. The molecule has 30 heavy (non-hydrogen) atoms. The maximum absolute atomic E-state index is 6.01. The summed E-state index contributed by atoms with van der Waals surface area (Å²) in [6, 6.07) is 14.3. The number of rotatable bonds is 6. The molecular formula is C21H23N7OS. The van der Waals surface area contributed by atoms with Crippen molar-refractivity contribution in [1.29, 1.82) is 0 Å². The van der Waals surface area contributed by atoms with Crippen LogP contribution in [0.2, 0.25) is 0 Å². The summed E-state index contributed by atoms with van der Waals surface area (Å²) in [5.74, 6) is 0.650. The van der Waals surface area contributed by atoms with Gasteiger partial charge in [0.1, 0.15) is 6.33 Å². The molecule has 1 N–H and O–H groups in total. The van der Waals surface area contributed by atoms with Crippen LogP contribution in [0.5, 0.6) is 0 Å². The zero-order valence-electron chi connectivity index (χ0n) is 16.7. The number of aryl methyl sites for hydroxylation is 1. The van der Waals surface area contributed by atoms with E-state index in [0.29, 0.717) is 23.5 Å². The number of benzene rings is 1. The van der Waals surface area contributed by atoms with Gasteiger partial charge in [0.2, 0.25) is 0 Å². The average Bonchev–Trinajstić information content (AvgIpc) is 3.36. The van der Waals surface area contributed by atoms with E-state index < -0.39 is 0 Å². The zero-order valence-corrected chi connectivity index (χ0v) is 17.5. The second-order valence-electron chi connectivity index (χ2n) is 7.40. The van der Waals surface area contributed by atoms with Gasteiger partial charge in [0.05, 0.1) is 19.3 Å². The molecular weight excluding hydrogens is 398 g/mol. The van der Waals surface area contributed by atoms with Crippen molar-refractivity contribution in [2.75, 3.05) is 25.0 Å². The zero-order chi connectivity index (χ0) is 20.3. The van der Waals surface area contributed by atoms with E-state index in [-0.39, 0.29) is 6.10 Å². The molecule has 4 heterocycles. The molecule has 9 heteroatoms. The highest BCUT2D eigenvalue weighted by molar-refractivity contribution is 7.11. The van der Waals surface area contributed by atoms with E-state index >= 15 is 0 Å². The third-order valence-corrected chi connectivity index (χ3v) is 6.10. The molecule has 0 radical (unpaired) electrons. The highest BCUT2D eigenvalue weighted by Crippen LogP contribution is 2.22. The van der Waals surface area contributed by atoms with Crippen LogP contribution in [-0.4, -0.2) is 55.7 Å². The molecule has 1 aromatic carbocycles. The molecule has 8 nitrogen and oxygen atoms in total. The number of para-hydroxylation sites is 1. The Hall–Kier alpha value is -2.88. The van der Waals surface area contributed by atoms with Crippen molar-refractivity contribution in [2.45, 2.75) is 26.1 Å². The van der Waals surface area contributed by atoms with Gasteiger partial charge in [-0.3, -0.25) is 4.90 Å². The summed E-state index contributed by atoms with van der Waals surface area (Å²) < 4.78 is 7.83. The first kappa shape index (κ1) is 19.1. The number of anilines is 2. The van der Waals surface area contributed by atoms with Crippen LogP contribution in [0.3, 0.4) is 0 Å². The summed E-state index contributed by atoms with van der Waals surface area (Å²) >= 11 is 1.86. The Balaban J connectivity index is 1.30. The molecule has 1 atom stereocenters. The smallest absolute Gasteiger partial charge is 0.183 e. The lowest BCUT2D eigenvalue weighted by molar-refractivity contribution is -0.0396. The van der Waals surface area contributed by atoms with Crippen LogP contribution in [0.15, 0.2) is 48.8 Å². The largest absolute Gasteiger partial charge is 0.374 e. The van der Waals surface area contributed by atoms with Crippen molar-refractivity contribution >= 4 is 34.0 Å². The second kappa shape index (κ2) is 8.47. The van der Waals surface area contributed by atoms with Crippen LogP contribution < -0.4 is 5.32 Å². The van der Waals surface area contributed by atoms with Crippen LogP contribution in [-0.2, 0) is 17.8 Å². The fourth-order valence-corrected chi connectivity index (χ4v) is 4.61. The molecule has 154 valence electrons. The summed E-state index contributed by atoms with van der Waals surface area (Å²) in [6.45, 7) is 6.24. The summed E-state index contributed by atoms with van der Waals surface area (Å²) in [6.07, 6.45) is 1.59. The van der Waals surface area contributed by atoms with Gasteiger partial charge in [-0.15, -0.1) is 16.4 Å². The van der Waals surface area contributed by atoms with Crippen molar-refractivity contribution in [3.63, 3.8) is 0 Å². The predicted octanol–water partition coefficient (Wildman–Crippen LogP) is 3.24. The number of morpholine rings is 1. The van der Waals surface area contributed by atoms with Crippen molar-refractivity contribution in [2.24, 2.45) is 0 Å². The maximum Gasteiger partial charge on any atom is 0.183 e. The maximum atomic E-state index is 6.01. The first-order chi connectivity index (χ1) is 14.7. The molecule has 1 fully saturated rings. The van der Waals surface area contributed by atoms with Gasteiger partial charge in [-0.25, -0.2) is 14.6 Å². The minimum absolute atomic E-state index is 0.0465. The van der Waals surface area contributed by atoms with E-state index in [4.69, 9.17) is 4.74 Å². The molecule has 4 aromatic rings. The molecule has 0 saturated carbocycles. The lowest BCUT2D eigenvalue weighted by Crippen LogP contribution is -2.43. The predicted molar refractivity (Wildman–Crippen MR) is 117 cm³/mol. The molecule has 0 aliphatic carbocycles. The lowest BCUT2D eigenvalue weighted by atomic mass is 10.2. The number of ether oxygens (including phenoxy) is 1.